The first-order chi connectivity index (χ1) is 18.3. The summed E-state index contributed by atoms with van der Waals surface area (Å²) in [5.74, 6) is -0.822. The van der Waals surface area contributed by atoms with Gasteiger partial charge in [-0.2, -0.15) is 0 Å². The van der Waals surface area contributed by atoms with Crippen LogP contribution in [0.2, 0.25) is 0 Å². The Morgan fingerprint density at radius 3 is 2.61 bits per heavy atom. The first-order valence-corrected chi connectivity index (χ1v) is 12.1. The number of nitrogens with zero attached hydrogens (tertiary/aromatic N) is 2. The zero-order valence-electron chi connectivity index (χ0n) is 21.2. The van der Waals surface area contributed by atoms with Crippen molar-refractivity contribution in [2.75, 3.05) is 32.2 Å². The fraction of sp³-hybridized carbons (Fsp3) is 0.241. The number of rotatable bonds is 7. The molecule has 0 amide bonds. The van der Waals surface area contributed by atoms with Crippen molar-refractivity contribution in [1.82, 2.24) is 4.57 Å². The van der Waals surface area contributed by atoms with Crippen LogP contribution in [0.3, 0.4) is 0 Å². The van der Waals surface area contributed by atoms with Crippen molar-refractivity contribution in [1.29, 1.82) is 0 Å². The molecule has 196 valence electrons. The molecule has 0 bridgehead atoms. The number of likely N-dealkylation sites (N-methyl/N-ethyl adjacent to an activating group) is 1. The van der Waals surface area contributed by atoms with Crippen molar-refractivity contribution < 1.29 is 33.3 Å². The van der Waals surface area contributed by atoms with Crippen LogP contribution < -0.4 is 19.1 Å². The Kier molecular flexibility index (Phi) is 6.67. The number of benzene rings is 3. The van der Waals surface area contributed by atoms with E-state index in [1.807, 2.05) is 31.3 Å². The van der Waals surface area contributed by atoms with E-state index in [0.29, 0.717) is 34.5 Å². The number of hydrogen-bond donors (Lipinski definition) is 1. The molecule has 5 rings (SSSR count). The molecule has 1 atom stereocenters. The first kappa shape index (κ1) is 25.1. The number of carboxylic acids is 1. The molecule has 0 fully saturated rings. The Balaban J connectivity index is 1.38. The molecule has 1 N–H and O–H groups in total. The molecule has 0 aliphatic carbocycles. The van der Waals surface area contributed by atoms with Crippen LogP contribution in [0.4, 0.5) is 10.1 Å². The second kappa shape index (κ2) is 10.1. The maximum atomic E-state index is 15.2. The molecular weight excluding hydrogens is 491 g/mol. The average molecular weight is 519 g/mol. The summed E-state index contributed by atoms with van der Waals surface area (Å²) in [5.41, 5.74) is 2.22. The van der Waals surface area contributed by atoms with Crippen LogP contribution in [-0.4, -0.2) is 55.0 Å². The number of anilines is 1. The maximum absolute atomic E-state index is 15.2. The summed E-state index contributed by atoms with van der Waals surface area (Å²) >= 11 is 0. The van der Waals surface area contributed by atoms with Crippen molar-refractivity contribution in [3.8, 4) is 17.2 Å². The van der Waals surface area contributed by atoms with Crippen LogP contribution >= 0.6 is 0 Å². The molecule has 2 heterocycles. The van der Waals surface area contributed by atoms with E-state index in [4.69, 9.17) is 14.2 Å². The van der Waals surface area contributed by atoms with Gasteiger partial charge in [0.05, 0.1) is 36.8 Å². The fourth-order valence-electron chi connectivity index (χ4n) is 4.87. The predicted octanol–water partition coefficient (Wildman–Crippen LogP) is 4.69. The molecule has 3 aromatic carbocycles. The molecule has 1 aliphatic rings. The summed E-state index contributed by atoms with van der Waals surface area (Å²) < 4.78 is 33.6. The summed E-state index contributed by atoms with van der Waals surface area (Å²) in [7, 11) is 3.48. The Morgan fingerprint density at radius 2 is 1.87 bits per heavy atom. The van der Waals surface area contributed by atoms with Crippen LogP contribution in [0.15, 0.2) is 60.7 Å². The number of methoxy groups -OCH3 is 1. The molecule has 0 spiro atoms. The highest BCUT2D eigenvalue weighted by Crippen LogP contribution is 2.33. The molecule has 4 aromatic rings. The maximum Gasteiger partial charge on any atom is 0.307 e. The van der Waals surface area contributed by atoms with Crippen LogP contribution in [0.1, 0.15) is 21.6 Å². The minimum absolute atomic E-state index is 0.155. The zero-order chi connectivity index (χ0) is 27.0. The predicted molar refractivity (Wildman–Crippen MR) is 140 cm³/mol. The average Bonchev–Trinajstić information content (AvgIpc) is 3.17. The van der Waals surface area contributed by atoms with E-state index in [9.17, 15) is 14.7 Å². The number of carbonyl (C=O) groups is 2. The molecule has 38 heavy (non-hydrogen) atoms. The van der Waals surface area contributed by atoms with Gasteiger partial charge in [-0.25, -0.2) is 4.39 Å². The molecule has 1 aliphatic heterocycles. The van der Waals surface area contributed by atoms with E-state index >= 15 is 4.39 Å². The SMILES string of the molecule is COc1ccc2c(c1)c(CC(=O)O)c(C)n2C(=O)c1ccc(OC[C@@H]2CN(C)c3ccccc3O2)cc1F. The highest BCUT2D eigenvalue weighted by Gasteiger charge is 2.25. The van der Waals surface area contributed by atoms with Gasteiger partial charge in [-0.05, 0) is 55.0 Å². The third-order valence-electron chi connectivity index (χ3n) is 6.73. The quantitative estimate of drug-likeness (QED) is 0.380. The highest BCUT2D eigenvalue weighted by atomic mass is 19.1. The molecule has 9 heteroatoms. The number of carboxylic acid groups (broad SMARTS) is 1. The number of ether oxygens (including phenoxy) is 3. The van der Waals surface area contributed by atoms with Crippen LogP contribution in [0, 0.1) is 12.7 Å². The van der Waals surface area contributed by atoms with Gasteiger partial charge < -0.3 is 24.2 Å². The molecule has 0 saturated heterocycles. The second-order valence-electron chi connectivity index (χ2n) is 9.20. The van der Waals surface area contributed by atoms with Gasteiger partial charge >= 0.3 is 5.97 Å². The third kappa shape index (κ3) is 4.63. The number of aromatic nitrogens is 1. The van der Waals surface area contributed by atoms with Crippen molar-refractivity contribution in [2.24, 2.45) is 0 Å². The molecule has 0 saturated carbocycles. The van der Waals surface area contributed by atoms with Crippen LogP contribution in [-0.2, 0) is 11.2 Å². The smallest absolute Gasteiger partial charge is 0.307 e. The number of carbonyl (C=O) groups excluding carboxylic acids is 1. The van der Waals surface area contributed by atoms with Gasteiger partial charge in [0, 0.05) is 24.2 Å². The van der Waals surface area contributed by atoms with Gasteiger partial charge in [-0.15, -0.1) is 0 Å². The summed E-state index contributed by atoms with van der Waals surface area (Å²) in [6.07, 6.45) is -0.536. The number of halogens is 1. The van der Waals surface area contributed by atoms with E-state index < -0.39 is 17.7 Å². The standard InChI is InChI=1S/C29H27FN2O6/c1-17-22(14-28(33)34)23-12-18(36-3)9-11-25(23)32(17)29(35)21-10-8-19(13-24(21)30)37-16-20-15-31(2)26-6-4-5-7-27(26)38-20/h4-13,20H,14-16H2,1-3H3,(H,33,34)/t20-/m0/s1. The minimum Gasteiger partial charge on any atom is -0.497 e. The van der Waals surface area contributed by atoms with Crippen LogP contribution in [0.25, 0.3) is 10.9 Å². The highest BCUT2D eigenvalue weighted by molar-refractivity contribution is 6.05. The Morgan fingerprint density at radius 1 is 1.11 bits per heavy atom. The van der Waals surface area contributed by atoms with E-state index in [2.05, 4.69) is 4.90 Å². The van der Waals surface area contributed by atoms with Crippen LogP contribution in [0.5, 0.6) is 17.2 Å². The number of fused-ring (bicyclic) bond motifs is 2. The lowest BCUT2D eigenvalue weighted by atomic mass is 10.1. The van der Waals surface area contributed by atoms with E-state index in [0.717, 1.165) is 11.4 Å². The number of para-hydroxylation sites is 2. The fourth-order valence-corrected chi connectivity index (χ4v) is 4.87. The number of aliphatic carboxylic acids is 1. The van der Waals surface area contributed by atoms with Crippen molar-refractivity contribution in [3.63, 3.8) is 0 Å². The summed E-state index contributed by atoms with van der Waals surface area (Å²) in [6, 6.07) is 16.8. The molecule has 0 unspecified atom stereocenters. The van der Waals surface area contributed by atoms with Gasteiger partial charge in [0.2, 0.25) is 0 Å². The summed E-state index contributed by atoms with van der Waals surface area (Å²) in [5, 5.41) is 9.98. The lowest BCUT2D eigenvalue weighted by molar-refractivity contribution is -0.136. The van der Waals surface area contributed by atoms with Crippen molar-refractivity contribution in [3.05, 3.63) is 83.3 Å². The Labute approximate surface area is 218 Å². The number of hydrogen-bond acceptors (Lipinski definition) is 6. The third-order valence-corrected chi connectivity index (χ3v) is 6.73. The van der Waals surface area contributed by atoms with E-state index in [1.165, 1.54) is 23.8 Å². The minimum atomic E-state index is -1.04. The Hall–Kier alpha value is -4.53. The van der Waals surface area contributed by atoms with E-state index in [-0.39, 0.29) is 30.4 Å². The second-order valence-corrected chi connectivity index (χ2v) is 9.20. The monoisotopic (exact) mass is 518 g/mol. The van der Waals surface area contributed by atoms with Gasteiger partial charge in [0.1, 0.15) is 35.8 Å². The van der Waals surface area contributed by atoms with Gasteiger partial charge in [0.15, 0.2) is 0 Å². The molecule has 8 nitrogen and oxygen atoms in total. The topological polar surface area (TPSA) is 90.2 Å². The summed E-state index contributed by atoms with van der Waals surface area (Å²) in [4.78, 5) is 27.1. The van der Waals surface area contributed by atoms with Gasteiger partial charge in [-0.3, -0.25) is 14.2 Å². The van der Waals surface area contributed by atoms with Crippen molar-refractivity contribution in [2.45, 2.75) is 19.4 Å². The van der Waals surface area contributed by atoms with E-state index in [1.54, 1.807) is 31.2 Å². The van der Waals surface area contributed by atoms with Gasteiger partial charge in [-0.1, -0.05) is 12.1 Å². The van der Waals surface area contributed by atoms with Gasteiger partial charge in [0.25, 0.3) is 5.91 Å². The molecular formula is C29H27FN2O6. The molecule has 1 aromatic heterocycles. The largest absolute Gasteiger partial charge is 0.497 e. The summed E-state index contributed by atoms with van der Waals surface area (Å²) in [6.45, 7) is 2.46. The first-order valence-electron chi connectivity index (χ1n) is 12.1. The molecule has 0 radical (unpaired) electrons. The lowest BCUT2D eigenvalue weighted by Crippen LogP contribution is -2.41. The van der Waals surface area contributed by atoms with Crippen molar-refractivity contribution >= 4 is 28.5 Å². The zero-order valence-corrected chi connectivity index (χ0v) is 21.2. The lowest BCUT2D eigenvalue weighted by Gasteiger charge is -2.33. The Bertz CT molecular complexity index is 1550. The normalized spacial score (nSPS) is 14.6.